The van der Waals surface area contributed by atoms with Gasteiger partial charge in [-0.3, -0.25) is 0 Å². The fourth-order valence-electron chi connectivity index (χ4n) is 7.38. The zero-order valence-corrected chi connectivity index (χ0v) is 24.2. The van der Waals surface area contributed by atoms with Crippen molar-refractivity contribution >= 4 is 53.9 Å². The SMILES string of the molecule is c1ccc(-c2c3ccccc3c(-c3cc4cc(-c5ccccc5)c5ccccc5c4c4ccccc34)c3ccccc23)cc1. The highest BCUT2D eigenvalue weighted by Gasteiger charge is 2.20. The van der Waals surface area contributed by atoms with Crippen LogP contribution in [0.1, 0.15) is 0 Å². The van der Waals surface area contributed by atoms with E-state index in [0.717, 1.165) is 0 Å². The zero-order chi connectivity index (χ0) is 29.0. The van der Waals surface area contributed by atoms with Gasteiger partial charge in [-0.1, -0.05) is 158 Å². The van der Waals surface area contributed by atoms with Crippen molar-refractivity contribution < 1.29 is 0 Å². The Labute approximate surface area is 256 Å². The van der Waals surface area contributed by atoms with E-state index in [0.29, 0.717) is 0 Å². The standard InChI is InChI=1S/C44H28/c1-3-15-29(16-4-1)40-27-31-28-41(33-20-8-10-22-35(33)43(31)34-21-9-7-19-32(34)40)44-38-25-13-11-23-36(38)42(30-17-5-2-6-18-30)37-24-12-14-26-39(37)44/h1-28H. The van der Waals surface area contributed by atoms with Gasteiger partial charge in [0.25, 0.3) is 0 Å². The second kappa shape index (κ2) is 9.93. The highest BCUT2D eigenvalue weighted by molar-refractivity contribution is 6.29. The van der Waals surface area contributed by atoms with Crippen LogP contribution in [0.5, 0.6) is 0 Å². The fourth-order valence-corrected chi connectivity index (χ4v) is 7.38. The van der Waals surface area contributed by atoms with E-state index in [-0.39, 0.29) is 0 Å². The molecule has 0 nitrogen and oxygen atoms in total. The van der Waals surface area contributed by atoms with Crippen molar-refractivity contribution in [2.45, 2.75) is 0 Å². The second-order valence-corrected chi connectivity index (χ2v) is 11.6. The van der Waals surface area contributed by atoms with Gasteiger partial charge in [0.15, 0.2) is 0 Å². The van der Waals surface area contributed by atoms with Gasteiger partial charge in [-0.2, -0.15) is 0 Å². The summed E-state index contributed by atoms with van der Waals surface area (Å²) in [5.74, 6) is 0. The van der Waals surface area contributed by atoms with Crippen molar-refractivity contribution in [3.8, 4) is 33.4 Å². The molecule has 0 amide bonds. The van der Waals surface area contributed by atoms with Gasteiger partial charge in [-0.25, -0.2) is 0 Å². The van der Waals surface area contributed by atoms with Gasteiger partial charge in [0.2, 0.25) is 0 Å². The van der Waals surface area contributed by atoms with Crippen LogP contribution in [-0.2, 0) is 0 Å². The minimum absolute atomic E-state index is 1.24. The zero-order valence-electron chi connectivity index (χ0n) is 24.2. The highest BCUT2D eigenvalue weighted by Crippen LogP contribution is 2.48. The summed E-state index contributed by atoms with van der Waals surface area (Å²) in [7, 11) is 0. The summed E-state index contributed by atoms with van der Waals surface area (Å²) in [4.78, 5) is 0. The molecule has 0 heteroatoms. The molecule has 0 aliphatic rings. The molecule has 0 aromatic heterocycles. The van der Waals surface area contributed by atoms with Crippen molar-refractivity contribution in [2.75, 3.05) is 0 Å². The molecule has 0 saturated carbocycles. The number of benzene rings is 9. The summed E-state index contributed by atoms with van der Waals surface area (Å²) in [5.41, 5.74) is 7.61. The van der Waals surface area contributed by atoms with Crippen molar-refractivity contribution in [3.63, 3.8) is 0 Å². The monoisotopic (exact) mass is 556 g/mol. The van der Waals surface area contributed by atoms with E-state index in [9.17, 15) is 0 Å². The second-order valence-electron chi connectivity index (χ2n) is 11.6. The summed E-state index contributed by atoms with van der Waals surface area (Å²) < 4.78 is 0. The Morgan fingerprint density at radius 3 is 1.14 bits per heavy atom. The van der Waals surface area contributed by atoms with E-state index in [4.69, 9.17) is 0 Å². The lowest BCUT2D eigenvalue weighted by Crippen LogP contribution is -1.93. The Morgan fingerprint density at radius 1 is 0.250 bits per heavy atom. The molecule has 0 aliphatic carbocycles. The topological polar surface area (TPSA) is 0 Å². The average molecular weight is 557 g/mol. The van der Waals surface area contributed by atoms with Crippen LogP contribution in [0.2, 0.25) is 0 Å². The summed E-state index contributed by atoms with van der Waals surface area (Å²) >= 11 is 0. The number of rotatable bonds is 3. The number of hydrogen-bond donors (Lipinski definition) is 0. The predicted molar refractivity (Wildman–Crippen MR) is 190 cm³/mol. The van der Waals surface area contributed by atoms with Crippen LogP contribution in [0.4, 0.5) is 0 Å². The average Bonchev–Trinajstić information content (AvgIpc) is 3.10. The largest absolute Gasteiger partial charge is 0.0622 e. The first-order valence-corrected chi connectivity index (χ1v) is 15.3. The molecule has 0 atom stereocenters. The maximum atomic E-state index is 2.45. The van der Waals surface area contributed by atoms with Crippen LogP contribution >= 0.6 is 0 Å². The molecule has 0 spiro atoms. The number of fused-ring (bicyclic) bond motifs is 7. The normalized spacial score (nSPS) is 11.6. The van der Waals surface area contributed by atoms with Crippen LogP contribution in [0.25, 0.3) is 87.2 Å². The van der Waals surface area contributed by atoms with Crippen LogP contribution in [0.3, 0.4) is 0 Å². The smallest absolute Gasteiger partial charge is 0.00199 e. The van der Waals surface area contributed by atoms with Gasteiger partial charge in [0.05, 0.1) is 0 Å². The third-order valence-corrected chi connectivity index (χ3v) is 9.21. The van der Waals surface area contributed by atoms with Gasteiger partial charge in [0.1, 0.15) is 0 Å². The van der Waals surface area contributed by atoms with Gasteiger partial charge in [-0.05, 0) is 99.4 Å². The molecule has 44 heavy (non-hydrogen) atoms. The molecule has 0 saturated heterocycles. The Kier molecular flexibility index (Phi) is 5.61. The number of hydrogen-bond acceptors (Lipinski definition) is 0. The minimum atomic E-state index is 1.24. The van der Waals surface area contributed by atoms with Crippen LogP contribution in [-0.4, -0.2) is 0 Å². The minimum Gasteiger partial charge on any atom is -0.0622 e. The van der Waals surface area contributed by atoms with Gasteiger partial charge >= 0.3 is 0 Å². The summed E-state index contributed by atoms with van der Waals surface area (Å²) in [5, 5.41) is 12.8. The molecular formula is C44H28. The van der Waals surface area contributed by atoms with Gasteiger partial charge < -0.3 is 0 Å². The van der Waals surface area contributed by atoms with E-state index < -0.39 is 0 Å². The Morgan fingerprint density at radius 2 is 0.614 bits per heavy atom. The molecule has 9 rings (SSSR count). The predicted octanol–water partition coefficient (Wildman–Crippen LogP) is 12.5. The molecule has 9 aromatic carbocycles. The molecule has 0 bridgehead atoms. The molecule has 0 N–H and O–H groups in total. The van der Waals surface area contributed by atoms with E-state index in [2.05, 4.69) is 170 Å². The first kappa shape index (κ1) is 24.8. The molecule has 0 aliphatic heterocycles. The third-order valence-electron chi connectivity index (χ3n) is 9.21. The van der Waals surface area contributed by atoms with Crippen molar-refractivity contribution in [1.82, 2.24) is 0 Å². The molecular weight excluding hydrogens is 528 g/mol. The van der Waals surface area contributed by atoms with E-state index >= 15 is 0 Å². The van der Waals surface area contributed by atoms with Crippen LogP contribution in [0, 0.1) is 0 Å². The van der Waals surface area contributed by atoms with E-state index in [1.807, 2.05) is 0 Å². The maximum absolute atomic E-state index is 2.45. The Hall–Kier alpha value is -5.72. The van der Waals surface area contributed by atoms with E-state index in [1.54, 1.807) is 0 Å². The lowest BCUT2D eigenvalue weighted by molar-refractivity contribution is 1.66. The van der Waals surface area contributed by atoms with Gasteiger partial charge in [0, 0.05) is 0 Å². The van der Waals surface area contributed by atoms with Crippen LogP contribution in [0.15, 0.2) is 170 Å². The first-order chi connectivity index (χ1) is 21.9. The fraction of sp³-hybridized carbons (Fsp3) is 0. The quantitative estimate of drug-likeness (QED) is 0.150. The lowest BCUT2D eigenvalue weighted by atomic mass is 9.83. The maximum Gasteiger partial charge on any atom is -0.00199 e. The van der Waals surface area contributed by atoms with Crippen molar-refractivity contribution in [3.05, 3.63) is 170 Å². The first-order valence-electron chi connectivity index (χ1n) is 15.3. The summed E-state index contributed by atoms with van der Waals surface area (Å²) in [6, 6.07) is 62.2. The highest BCUT2D eigenvalue weighted by atomic mass is 14.2. The van der Waals surface area contributed by atoms with E-state index in [1.165, 1.54) is 87.2 Å². The van der Waals surface area contributed by atoms with Gasteiger partial charge in [-0.15, -0.1) is 0 Å². The Bertz CT molecular complexity index is 2470. The molecule has 0 unspecified atom stereocenters. The molecule has 0 fully saturated rings. The van der Waals surface area contributed by atoms with Crippen LogP contribution < -0.4 is 0 Å². The molecule has 204 valence electrons. The van der Waals surface area contributed by atoms with Crippen molar-refractivity contribution in [2.24, 2.45) is 0 Å². The summed E-state index contributed by atoms with van der Waals surface area (Å²) in [6.45, 7) is 0. The summed E-state index contributed by atoms with van der Waals surface area (Å²) in [6.07, 6.45) is 0. The lowest BCUT2D eigenvalue weighted by Gasteiger charge is -2.20. The molecule has 0 heterocycles. The van der Waals surface area contributed by atoms with Crippen molar-refractivity contribution in [1.29, 1.82) is 0 Å². The third kappa shape index (κ3) is 3.71. The molecule has 9 aromatic rings. The Balaban J connectivity index is 1.48. The molecule has 0 radical (unpaired) electrons.